The van der Waals surface area contributed by atoms with E-state index in [1.807, 2.05) is 36.2 Å². The van der Waals surface area contributed by atoms with Gasteiger partial charge in [0.1, 0.15) is 0 Å². The summed E-state index contributed by atoms with van der Waals surface area (Å²) in [5.41, 5.74) is 0.739. The van der Waals surface area contributed by atoms with E-state index in [-0.39, 0.29) is 35.2 Å². The molecule has 1 aromatic rings. The third kappa shape index (κ3) is 3.89. The zero-order valence-electron chi connectivity index (χ0n) is 12.4. The molecule has 2 aliphatic rings. The summed E-state index contributed by atoms with van der Waals surface area (Å²) in [7, 11) is -1.14. The van der Waals surface area contributed by atoms with Crippen LogP contribution in [0.25, 0.3) is 0 Å². The van der Waals surface area contributed by atoms with Crippen molar-refractivity contribution < 1.29 is 13.2 Å². The van der Waals surface area contributed by atoms with Crippen LogP contribution in [-0.2, 0) is 14.6 Å². The zero-order valence-corrected chi connectivity index (χ0v) is 15.6. The summed E-state index contributed by atoms with van der Waals surface area (Å²) in [5, 5.41) is 3.56. The molecule has 2 atom stereocenters. The minimum Gasteiger partial charge on any atom is -0.348 e. The number of halogens is 1. The summed E-state index contributed by atoms with van der Waals surface area (Å²) in [6.45, 7) is 0. The van der Waals surface area contributed by atoms with E-state index in [2.05, 4.69) is 26.2 Å². The number of hydrogen-bond donors (Lipinski definition) is 1. The summed E-state index contributed by atoms with van der Waals surface area (Å²) in [6, 6.07) is 7.08. The summed E-state index contributed by atoms with van der Waals surface area (Å²) in [5.74, 6) is 0.383. The maximum atomic E-state index is 12.0. The first-order valence-corrected chi connectivity index (χ1v) is 10.6. The first-order chi connectivity index (χ1) is 10.8. The Hall–Kier alpha value is -1.06. The van der Waals surface area contributed by atoms with Crippen molar-refractivity contribution in [3.8, 4) is 0 Å². The Balaban J connectivity index is 1.54. The number of likely N-dealkylation sites (N-methyl/N-ethyl adjacent to an activating group) is 1. The van der Waals surface area contributed by atoms with Gasteiger partial charge in [-0.1, -0.05) is 27.7 Å². The molecule has 6 nitrogen and oxygen atoms in total. The fraction of sp³-hybridized carbons (Fsp3) is 0.429. The van der Waals surface area contributed by atoms with Crippen LogP contribution in [0.5, 0.6) is 0 Å². The van der Waals surface area contributed by atoms with Crippen LogP contribution in [0, 0.1) is 0 Å². The summed E-state index contributed by atoms with van der Waals surface area (Å²) >= 11 is 4.68. The number of sulfone groups is 1. The maximum Gasteiger partial charge on any atom is 0.234 e. The minimum absolute atomic E-state index is 0.0861. The van der Waals surface area contributed by atoms with Crippen LogP contribution in [0.3, 0.4) is 0 Å². The Labute approximate surface area is 147 Å². The van der Waals surface area contributed by atoms with E-state index in [4.69, 9.17) is 0 Å². The van der Waals surface area contributed by atoms with E-state index in [0.29, 0.717) is 0 Å². The Morgan fingerprint density at radius 1 is 1.39 bits per heavy atom. The van der Waals surface area contributed by atoms with Gasteiger partial charge in [-0.15, -0.1) is 0 Å². The van der Waals surface area contributed by atoms with E-state index in [0.717, 1.165) is 15.3 Å². The molecule has 2 aliphatic heterocycles. The molecular formula is C14H16BrN3O3S2. The average molecular weight is 418 g/mol. The Kier molecular flexibility index (Phi) is 4.70. The lowest BCUT2D eigenvalue weighted by Crippen LogP contribution is -2.35. The second-order valence-corrected chi connectivity index (χ2v) is 9.59. The number of thioether (sulfide) groups is 1. The van der Waals surface area contributed by atoms with Gasteiger partial charge >= 0.3 is 0 Å². The van der Waals surface area contributed by atoms with Gasteiger partial charge in [0.15, 0.2) is 15.0 Å². The highest BCUT2D eigenvalue weighted by molar-refractivity contribution is 9.10. The molecule has 0 saturated carbocycles. The molecule has 23 heavy (non-hydrogen) atoms. The topological polar surface area (TPSA) is 78.8 Å². The van der Waals surface area contributed by atoms with Crippen LogP contribution in [0.15, 0.2) is 33.7 Å². The fourth-order valence-corrected chi connectivity index (χ4v) is 5.74. The number of benzene rings is 1. The predicted octanol–water partition coefficient (Wildman–Crippen LogP) is 1.59. The molecule has 1 fully saturated rings. The van der Waals surface area contributed by atoms with Gasteiger partial charge in [0.25, 0.3) is 0 Å². The van der Waals surface area contributed by atoms with Crippen LogP contribution >= 0.6 is 27.7 Å². The number of rotatable bonds is 3. The van der Waals surface area contributed by atoms with Gasteiger partial charge in [-0.3, -0.25) is 9.79 Å². The lowest BCUT2D eigenvalue weighted by Gasteiger charge is -2.20. The normalized spacial score (nSPS) is 25.1. The van der Waals surface area contributed by atoms with Crippen molar-refractivity contribution in [2.45, 2.75) is 12.1 Å². The van der Waals surface area contributed by atoms with Crippen LogP contribution in [0.2, 0.25) is 0 Å². The number of hydrogen-bond acceptors (Lipinski definition) is 6. The Morgan fingerprint density at radius 2 is 2.09 bits per heavy atom. The smallest absolute Gasteiger partial charge is 0.234 e. The van der Waals surface area contributed by atoms with Gasteiger partial charge in [0.05, 0.1) is 29.3 Å². The monoisotopic (exact) mass is 417 g/mol. The van der Waals surface area contributed by atoms with Gasteiger partial charge in [-0.2, -0.15) is 0 Å². The molecular weight excluding hydrogens is 402 g/mol. The first kappa shape index (κ1) is 16.8. The van der Waals surface area contributed by atoms with Gasteiger partial charge in [0.2, 0.25) is 5.91 Å². The lowest BCUT2D eigenvalue weighted by atomic mass is 10.2. The van der Waals surface area contributed by atoms with E-state index in [1.54, 1.807) is 0 Å². The second-order valence-electron chi connectivity index (χ2n) is 5.58. The van der Waals surface area contributed by atoms with E-state index in [1.165, 1.54) is 11.8 Å². The third-order valence-electron chi connectivity index (χ3n) is 3.83. The molecule has 1 N–H and O–H groups in total. The molecule has 0 spiro atoms. The molecule has 3 rings (SSSR count). The first-order valence-electron chi connectivity index (χ1n) is 7.03. The summed E-state index contributed by atoms with van der Waals surface area (Å²) < 4.78 is 24.2. The molecule has 1 amide bonds. The lowest BCUT2D eigenvalue weighted by molar-refractivity contribution is -0.113. The minimum atomic E-state index is -2.98. The van der Waals surface area contributed by atoms with Crippen LogP contribution in [0.1, 0.15) is 0 Å². The molecule has 0 unspecified atom stereocenters. The van der Waals surface area contributed by atoms with Crippen molar-refractivity contribution in [3.63, 3.8) is 0 Å². The fourth-order valence-electron chi connectivity index (χ4n) is 2.68. The zero-order chi connectivity index (χ0) is 16.6. The second kappa shape index (κ2) is 6.45. The van der Waals surface area contributed by atoms with Gasteiger partial charge in [-0.05, 0) is 24.3 Å². The van der Waals surface area contributed by atoms with Crippen molar-refractivity contribution >= 4 is 54.3 Å². The number of fused-ring (bicyclic) bond motifs is 1. The third-order valence-corrected chi connectivity index (χ3v) is 7.11. The van der Waals surface area contributed by atoms with E-state index >= 15 is 0 Å². The predicted molar refractivity (Wildman–Crippen MR) is 96.7 cm³/mol. The molecule has 1 saturated heterocycles. The van der Waals surface area contributed by atoms with Crippen molar-refractivity contribution in [1.29, 1.82) is 0 Å². The highest BCUT2D eigenvalue weighted by Crippen LogP contribution is 2.29. The molecule has 124 valence electrons. The molecule has 9 heteroatoms. The van der Waals surface area contributed by atoms with Crippen molar-refractivity contribution in [1.82, 2.24) is 4.90 Å². The van der Waals surface area contributed by atoms with E-state index in [9.17, 15) is 13.2 Å². The maximum absolute atomic E-state index is 12.0. The summed E-state index contributed by atoms with van der Waals surface area (Å²) in [4.78, 5) is 18.3. The Bertz CT molecular complexity index is 749. The van der Waals surface area contributed by atoms with Gasteiger partial charge in [0, 0.05) is 17.2 Å². The number of carbonyl (C=O) groups is 1. The van der Waals surface area contributed by atoms with Crippen molar-refractivity contribution in [2.24, 2.45) is 4.99 Å². The number of carbonyl (C=O) groups excluding carboxylic acids is 1. The largest absolute Gasteiger partial charge is 0.348 e. The van der Waals surface area contributed by atoms with E-state index < -0.39 is 9.84 Å². The van der Waals surface area contributed by atoms with Crippen LogP contribution in [-0.4, -0.2) is 60.8 Å². The van der Waals surface area contributed by atoms with Crippen LogP contribution in [0.4, 0.5) is 5.69 Å². The number of nitrogens with zero attached hydrogens (tertiary/aromatic N) is 2. The molecule has 2 heterocycles. The number of amidine groups is 1. The molecule has 0 bridgehead atoms. The standard InChI is InChI=1S/C14H16BrN3O3S2/c1-18-12-8-23(20,21)7-11(12)17-14(18)22-6-13(19)16-10-4-2-9(15)3-5-10/h2-5,11-12H,6-8H2,1H3,(H,16,19)/t11-,12-/m1/s1. The number of aliphatic imine (C=N–C) groups is 1. The SMILES string of the molecule is CN1C(SCC(=O)Nc2ccc(Br)cc2)=N[C@@H]2CS(=O)(=O)C[C@H]21. The summed E-state index contributed by atoms with van der Waals surface area (Å²) in [6.07, 6.45) is 0. The number of amides is 1. The van der Waals surface area contributed by atoms with Gasteiger partial charge < -0.3 is 10.2 Å². The van der Waals surface area contributed by atoms with Crippen LogP contribution < -0.4 is 5.32 Å². The number of nitrogens with one attached hydrogen (secondary N) is 1. The molecule has 0 radical (unpaired) electrons. The molecule has 0 aliphatic carbocycles. The quantitative estimate of drug-likeness (QED) is 0.807. The van der Waals surface area contributed by atoms with Crippen molar-refractivity contribution in [3.05, 3.63) is 28.7 Å². The Morgan fingerprint density at radius 3 is 2.74 bits per heavy atom. The average Bonchev–Trinajstić information content (AvgIpc) is 2.93. The molecule has 1 aromatic carbocycles. The number of anilines is 1. The van der Waals surface area contributed by atoms with Gasteiger partial charge in [-0.25, -0.2) is 8.42 Å². The molecule has 0 aromatic heterocycles. The highest BCUT2D eigenvalue weighted by Gasteiger charge is 2.45. The highest BCUT2D eigenvalue weighted by atomic mass is 79.9. The van der Waals surface area contributed by atoms with Crippen molar-refractivity contribution in [2.75, 3.05) is 29.6 Å².